The van der Waals surface area contributed by atoms with Crippen LogP contribution in [0, 0.1) is 0 Å². The summed E-state index contributed by atoms with van der Waals surface area (Å²) < 4.78 is 5.66. The third-order valence-corrected chi connectivity index (χ3v) is 5.10. The van der Waals surface area contributed by atoms with E-state index in [-0.39, 0.29) is 35.9 Å². The minimum atomic E-state index is 0. The highest BCUT2D eigenvalue weighted by atomic mass is 127. The molecule has 2 rings (SSSR count). The molecule has 0 spiro atoms. The van der Waals surface area contributed by atoms with Crippen molar-refractivity contribution in [1.29, 1.82) is 0 Å². The number of guanidine groups is 1. The zero-order valence-electron chi connectivity index (χ0n) is 19.2. The molecule has 8 heteroatoms. The van der Waals surface area contributed by atoms with Gasteiger partial charge >= 0.3 is 0 Å². The standard InChI is InChI=1S/C23H35N5O2.HI/c1-6-28(7-2)20(21-12-9-15-30-21)17-26-23(24-3)25-14-13-18-10-8-11-19(16-18)22(29)27(4)5;/h8-12,15-16,20H,6-7,13-14,17H2,1-5H3,(H2,24,25,26);1H. The maximum atomic E-state index is 12.1. The van der Waals surface area contributed by atoms with Crippen LogP contribution in [0.2, 0.25) is 0 Å². The quantitative estimate of drug-likeness (QED) is 0.274. The number of carbonyl (C=O) groups is 1. The number of amides is 1. The van der Waals surface area contributed by atoms with Gasteiger partial charge in [-0.3, -0.25) is 14.7 Å². The molecule has 0 aliphatic carbocycles. The second-order valence-electron chi connectivity index (χ2n) is 7.28. The van der Waals surface area contributed by atoms with Gasteiger partial charge in [0.15, 0.2) is 5.96 Å². The number of nitrogens with zero attached hydrogens (tertiary/aromatic N) is 3. The van der Waals surface area contributed by atoms with Crippen molar-refractivity contribution in [3.63, 3.8) is 0 Å². The Hall–Kier alpha value is -2.07. The van der Waals surface area contributed by atoms with E-state index < -0.39 is 0 Å². The average molecular weight is 541 g/mol. The van der Waals surface area contributed by atoms with Crippen LogP contribution in [0.15, 0.2) is 52.1 Å². The van der Waals surface area contributed by atoms with Crippen molar-refractivity contribution in [2.75, 3.05) is 47.3 Å². The summed E-state index contributed by atoms with van der Waals surface area (Å²) in [5.74, 6) is 1.71. The maximum Gasteiger partial charge on any atom is 0.253 e. The lowest BCUT2D eigenvalue weighted by Gasteiger charge is -2.28. The minimum absolute atomic E-state index is 0. The van der Waals surface area contributed by atoms with E-state index in [0.717, 1.165) is 43.3 Å². The Morgan fingerprint density at radius 2 is 1.87 bits per heavy atom. The first-order valence-corrected chi connectivity index (χ1v) is 10.5. The van der Waals surface area contributed by atoms with Crippen molar-refractivity contribution in [3.05, 3.63) is 59.5 Å². The SMILES string of the molecule is CCN(CC)C(CNC(=NC)NCCc1cccc(C(=O)N(C)C)c1)c1ccco1.I. The normalized spacial score (nSPS) is 12.3. The van der Waals surface area contributed by atoms with Crippen molar-refractivity contribution < 1.29 is 9.21 Å². The number of rotatable bonds is 10. The summed E-state index contributed by atoms with van der Waals surface area (Å²) in [7, 11) is 5.30. The zero-order valence-corrected chi connectivity index (χ0v) is 21.6. The van der Waals surface area contributed by atoms with Crippen molar-refractivity contribution >= 4 is 35.8 Å². The van der Waals surface area contributed by atoms with Gasteiger partial charge in [-0.1, -0.05) is 26.0 Å². The molecule has 31 heavy (non-hydrogen) atoms. The molecule has 2 aromatic rings. The predicted molar refractivity (Wildman–Crippen MR) is 137 cm³/mol. The molecule has 2 N–H and O–H groups in total. The number of nitrogens with one attached hydrogen (secondary N) is 2. The number of furan rings is 1. The van der Waals surface area contributed by atoms with E-state index in [1.807, 2.05) is 36.4 Å². The van der Waals surface area contributed by atoms with Crippen LogP contribution in [0.5, 0.6) is 0 Å². The Bertz CT molecular complexity index is 804. The van der Waals surface area contributed by atoms with Crippen LogP contribution in [0.1, 0.15) is 41.6 Å². The van der Waals surface area contributed by atoms with Gasteiger partial charge in [0, 0.05) is 39.8 Å². The summed E-state index contributed by atoms with van der Waals surface area (Å²) >= 11 is 0. The highest BCUT2D eigenvalue weighted by Crippen LogP contribution is 2.20. The van der Waals surface area contributed by atoms with Crippen LogP contribution in [0.4, 0.5) is 0 Å². The molecule has 1 amide bonds. The smallest absolute Gasteiger partial charge is 0.253 e. The molecular weight excluding hydrogens is 505 g/mol. The fraction of sp³-hybridized carbons (Fsp3) is 0.478. The summed E-state index contributed by atoms with van der Waals surface area (Å²) in [6.07, 6.45) is 2.51. The van der Waals surface area contributed by atoms with Gasteiger partial charge < -0.3 is 20.0 Å². The number of hydrogen-bond donors (Lipinski definition) is 2. The molecule has 0 saturated heterocycles. The molecule has 0 aliphatic rings. The van der Waals surface area contributed by atoms with Crippen molar-refractivity contribution in [2.24, 2.45) is 4.99 Å². The van der Waals surface area contributed by atoms with Crippen LogP contribution < -0.4 is 10.6 Å². The highest BCUT2D eigenvalue weighted by Gasteiger charge is 2.20. The molecule has 1 atom stereocenters. The summed E-state index contributed by atoms with van der Waals surface area (Å²) in [4.78, 5) is 20.4. The zero-order chi connectivity index (χ0) is 21.9. The number of likely N-dealkylation sites (N-methyl/N-ethyl adjacent to an activating group) is 1. The molecule has 1 aromatic carbocycles. The van der Waals surface area contributed by atoms with Gasteiger partial charge in [-0.25, -0.2) is 0 Å². The lowest BCUT2D eigenvalue weighted by molar-refractivity contribution is 0.0827. The third kappa shape index (κ3) is 8.17. The lowest BCUT2D eigenvalue weighted by Crippen LogP contribution is -2.43. The molecule has 0 radical (unpaired) electrons. The molecule has 172 valence electrons. The molecule has 0 aliphatic heterocycles. The Morgan fingerprint density at radius 1 is 1.13 bits per heavy atom. The average Bonchev–Trinajstić information content (AvgIpc) is 3.29. The lowest BCUT2D eigenvalue weighted by atomic mass is 10.1. The van der Waals surface area contributed by atoms with Gasteiger partial charge in [0.2, 0.25) is 0 Å². The molecule has 0 saturated carbocycles. The van der Waals surface area contributed by atoms with Crippen molar-refractivity contribution in [3.8, 4) is 0 Å². The predicted octanol–water partition coefficient (Wildman–Crippen LogP) is 3.39. The van der Waals surface area contributed by atoms with Crippen molar-refractivity contribution in [2.45, 2.75) is 26.3 Å². The molecule has 0 fully saturated rings. The number of halogens is 1. The van der Waals surface area contributed by atoms with Gasteiger partial charge in [0.05, 0.1) is 12.3 Å². The first-order chi connectivity index (χ1) is 14.5. The fourth-order valence-corrected chi connectivity index (χ4v) is 3.41. The van der Waals surface area contributed by atoms with Gasteiger partial charge in [0.25, 0.3) is 5.91 Å². The Morgan fingerprint density at radius 3 is 2.45 bits per heavy atom. The van der Waals surface area contributed by atoms with E-state index >= 15 is 0 Å². The molecule has 1 heterocycles. The number of carbonyl (C=O) groups excluding carboxylic acids is 1. The molecule has 1 unspecified atom stereocenters. The number of hydrogen-bond acceptors (Lipinski definition) is 4. The van der Waals surface area contributed by atoms with Crippen LogP contribution >= 0.6 is 24.0 Å². The molecule has 1 aromatic heterocycles. The van der Waals surface area contributed by atoms with Crippen LogP contribution in [-0.2, 0) is 6.42 Å². The number of aliphatic imine (C=N–C) groups is 1. The second-order valence-corrected chi connectivity index (χ2v) is 7.28. The van der Waals surface area contributed by atoms with Gasteiger partial charge in [-0.05, 0) is 49.3 Å². The van der Waals surface area contributed by atoms with Gasteiger partial charge in [-0.15, -0.1) is 24.0 Å². The molecular formula is C23H36IN5O2. The number of benzene rings is 1. The van der Waals surface area contributed by atoms with Crippen LogP contribution in [0.3, 0.4) is 0 Å². The Kier molecular flexibility index (Phi) is 12.2. The van der Waals surface area contributed by atoms with E-state index in [1.165, 1.54) is 0 Å². The Labute approximate surface area is 203 Å². The first-order valence-electron chi connectivity index (χ1n) is 10.5. The maximum absolute atomic E-state index is 12.1. The largest absolute Gasteiger partial charge is 0.468 e. The van der Waals surface area contributed by atoms with Gasteiger partial charge in [0.1, 0.15) is 5.76 Å². The Balaban J connectivity index is 0.00000480. The first kappa shape index (κ1) is 27.0. The van der Waals surface area contributed by atoms with Gasteiger partial charge in [-0.2, -0.15) is 0 Å². The third-order valence-electron chi connectivity index (χ3n) is 5.10. The van der Waals surface area contributed by atoms with E-state index in [1.54, 1.807) is 32.3 Å². The summed E-state index contributed by atoms with van der Waals surface area (Å²) in [6.45, 7) is 7.61. The minimum Gasteiger partial charge on any atom is -0.468 e. The van der Waals surface area contributed by atoms with E-state index in [4.69, 9.17) is 4.42 Å². The topological polar surface area (TPSA) is 73.1 Å². The van der Waals surface area contributed by atoms with Crippen molar-refractivity contribution in [1.82, 2.24) is 20.4 Å². The summed E-state index contributed by atoms with van der Waals surface area (Å²) in [6, 6.07) is 11.9. The molecule has 7 nitrogen and oxygen atoms in total. The highest BCUT2D eigenvalue weighted by molar-refractivity contribution is 14.0. The molecule has 0 bridgehead atoms. The monoisotopic (exact) mass is 541 g/mol. The second kappa shape index (κ2) is 14.1. The fourth-order valence-electron chi connectivity index (χ4n) is 3.41. The van der Waals surface area contributed by atoms with E-state index in [0.29, 0.717) is 12.1 Å². The summed E-state index contributed by atoms with van der Waals surface area (Å²) in [5.41, 5.74) is 1.82. The summed E-state index contributed by atoms with van der Waals surface area (Å²) in [5, 5.41) is 6.77. The van der Waals surface area contributed by atoms with E-state index in [2.05, 4.69) is 34.4 Å². The van der Waals surface area contributed by atoms with Crippen LogP contribution in [-0.4, -0.2) is 69.0 Å². The van der Waals surface area contributed by atoms with Crippen LogP contribution in [0.25, 0.3) is 0 Å². The van der Waals surface area contributed by atoms with E-state index in [9.17, 15) is 4.79 Å².